The molecule has 0 spiro atoms. The van der Waals surface area contributed by atoms with Crippen LogP contribution in [0.5, 0.6) is 0 Å². The highest BCUT2D eigenvalue weighted by atomic mass is 35.5. The van der Waals surface area contributed by atoms with Gasteiger partial charge in [-0.05, 0) is 24.1 Å². The third kappa shape index (κ3) is 3.34. The molecular formula is C10H13ClN2O. The summed E-state index contributed by atoms with van der Waals surface area (Å²) in [4.78, 5) is 15.2. The fourth-order valence-electron chi connectivity index (χ4n) is 1.06. The molecular weight excluding hydrogens is 200 g/mol. The van der Waals surface area contributed by atoms with E-state index in [2.05, 4.69) is 10.3 Å². The predicted molar refractivity (Wildman–Crippen MR) is 57.3 cm³/mol. The third-order valence-electron chi connectivity index (χ3n) is 1.72. The molecule has 1 heterocycles. The molecule has 0 saturated carbocycles. The Morgan fingerprint density at radius 3 is 3.07 bits per heavy atom. The molecule has 1 rings (SSSR count). The number of carbonyl (C=O) groups is 1. The van der Waals surface area contributed by atoms with Crippen molar-refractivity contribution in [3.63, 3.8) is 0 Å². The average Bonchev–Trinajstić information content (AvgIpc) is 2.18. The van der Waals surface area contributed by atoms with Crippen molar-refractivity contribution in [2.24, 2.45) is 0 Å². The van der Waals surface area contributed by atoms with Crippen LogP contribution in [0.3, 0.4) is 0 Å². The van der Waals surface area contributed by atoms with Crippen LogP contribution in [0.2, 0.25) is 0 Å². The molecule has 0 aromatic carbocycles. The summed E-state index contributed by atoms with van der Waals surface area (Å²) in [5, 5.41) is 2.71. The van der Waals surface area contributed by atoms with Gasteiger partial charge in [0.05, 0.1) is 0 Å². The monoisotopic (exact) mass is 212 g/mol. The van der Waals surface area contributed by atoms with Gasteiger partial charge in [-0.3, -0.25) is 4.79 Å². The van der Waals surface area contributed by atoms with E-state index in [1.54, 1.807) is 12.3 Å². The number of anilines is 1. The third-order valence-corrected chi connectivity index (χ3v) is 2.03. The first-order valence-corrected chi connectivity index (χ1v) is 5.10. The lowest BCUT2D eigenvalue weighted by atomic mass is 10.3. The molecule has 0 atom stereocenters. The predicted octanol–water partition coefficient (Wildman–Crippen LogP) is 2.56. The summed E-state index contributed by atoms with van der Waals surface area (Å²) >= 11 is 5.66. The van der Waals surface area contributed by atoms with Gasteiger partial charge in [-0.1, -0.05) is 6.92 Å². The van der Waals surface area contributed by atoms with Crippen LogP contribution in [0.25, 0.3) is 0 Å². The van der Waals surface area contributed by atoms with Crippen LogP contribution >= 0.6 is 11.6 Å². The maximum absolute atomic E-state index is 11.2. The van der Waals surface area contributed by atoms with Crippen molar-refractivity contribution in [2.75, 3.05) is 5.32 Å². The molecule has 4 heteroatoms. The highest BCUT2D eigenvalue weighted by Gasteiger charge is 2.01. The highest BCUT2D eigenvalue weighted by molar-refractivity contribution is 6.17. The molecule has 0 aliphatic rings. The normalized spacial score (nSPS) is 9.86. The fraction of sp³-hybridized carbons (Fsp3) is 0.400. The first-order chi connectivity index (χ1) is 6.76. The first kappa shape index (κ1) is 11.0. The summed E-state index contributed by atoms with van der Waals surface area (Å²) in [6, 6.07) is 3.60. The number of alkyl halides is 1. The molecule has 1 N–H and O–H groups in total. The zero-order valence-electron chi connectivity index (χ0n) is 8.09. The number of nitrogens with zero attached hydrogens (tertiary/aromatic N) is 1. The van der Waals surface area contributed by atoms with Gasteiger partial charge in [0.2, 0.25) is 5.91 Å². The van der Waals surface area contributed by atoms with Crippen molar-refractivity contribution in [2.45, 2.75) is 25.6 Å². The van der Waals surface area contributed by atoms with E-state index in [0.29, 0.717) is 18.1 Å². The van der Waals surface area contributed by atoms with Crippen molar-refractivity contribution >= 4 is 23.3 Å². The smallest absolute Gasteiger partial charge is 0.225 e. The lowest BCUT2D eigenvalue weighted by molar-refractivity contribution is -0.116. The van der Waals surface area contributed by atoms with Crippen molar-refractivity contribution < 1.29 is 4.79 Å². The van der Waals surface area contributed by atoms with E-state index in [9.17, 15) is 4.79 Å². The van der Waals surface area contributed by atoms with Crippen molar-refractivity contribution in [3.05, 3.63) is 23.9 Å². The van der Waals surface area contributed by atoms with Crippen LogP contribution in [0.4, 0.5) is 5.82 Å². The summed E-state index contributed by atoms with van der Waals surface area (Å²) in [6.07, 6.45) is 2.99. The molecule has 14 heavy (non-hydrogen) atoms. The Morgan fingerprint density at radius 1 is 1.64 bits per heavy atom. The lowest BCUT2D eigenvalue weighted by Crippen LogP contribution is -2.11. The van der Waals surface area contributed by atoms with Gasteiger partial charge in [-0.15, -0.1) is 11.6 Å². The SMILES string of the molecule is CCCC(=O)Nc1cc(CCl)ccn1. The van der Waals surface area contributed by atoms with Gasteiger partial charge in [0, 0.05) is 18.5 Å². The topological polar surface area (TPSA) is 42.0 Å². The molecule has 0 fully saturated rings. The summed E-state index contributed by atoms with van der Waals surface area (Å²) in [5.41, 5.74) is 0.952. The van der Waals surface area contributed by atoms with Crippen LogP contribution in [-0.2, 0) is 10.7 Å². The van der Waals surface area contributed by atoms with E-state index in [0.717, 1.165) is 12.0 Å². The molecule has 0 saturated heterocycles. The van der Waals surface area contributed by atoms with Crippen LogP contribution < -0.4 is 5.32 Å². The highest BCUT2D eigenvalue weighted by Crippen LogP contribution is 2.09. The standard InChI is InChI=1S/C10H13ClN2O/c1-2-3-10(14)13-9-6-8(7-11)4-5-12-9/h4-6H,2-3,7H2,1H3,(H,12,13,14). The van der Waals surface area contributed by atoms with Crippen molar-refractivity contribution in [1.29, 1.82) is 0 Å². The molecule has 0 aliphatic carbocycles. The van der Waals surface area contributed by atoms with E-state index < -0.39 is 0 Å². The Bertz CT molecular complexity index is 315. The maximum atomic E-state index is 11.2. The molecule has 1 aromatic heterocycles. The molecule has 0 bridgehead atoms. The molecule has 0 aliphatic heterocycles. The molecule has 3 nitrogen and oxygen atoms in total. The number of halogens is 1. The van der Waals surface area contributed by atoms with Gasteiger partial charge >= 0.3 is 0 Å². The van der Waals surface area contributed by atoms with Gasteiger partial charge in [0.15, 0.2) is 0 Å². The Labute approximate surface area is 88.5 Å². The number of aromatic nitrogens is 1. The zero-order valence-corrected chi connectivity index (χ0v) is 8.84. The average molecular weight is 213 g/mol. The molecule has 0 unspecified atom stereocenters. The molecule has 1 amide bonds. The minimum absolute atomic E-state index is 0.00766. The van der Waals surface area contributed by atoms with Gasteiger partial charge in [-0.2, -0.15) is 0 Å². The van der Waals surface area contributed by atoms with Crippen LogP contribution in [0, 0.1) is 0 Å². The maximum Gasteiger partial charge on any atom is 0.225 e. The second-order valence-electron chi connectivity index (χ2n) is 2.98. The van der Waals surface area contributed by atoms with Gasteiger partial charge in [0.1, 0.15) is 5.82 Å². The number of nitrogens with one attached hydrogen (secondary N) is 1. The fourth-order valence-corrected chi connectivity index (χ4v) is 1.22. The van der Waals surface area contributed by atoms with E-state index in [1.165, 1.54) is 0 Å². The summed E-state index contributed by atoms with van der Waals surface area (Å²) in [5.74, 6) is 0.993. The minimum atomic E-state index is -0.00766. The minimum Gasteiger partial charge on any atom is -0.311 e. The quantitative estimate of drug-likeness (QED) is 0.780. The van der Waals surface area contributed by atoms with E-state index in [-0.39, 0.29) is 5.91 Å². The van der Waals surface area contributed by atoms with Gasteiger partial charge in [-0.25, -0.2) is 4.98 Å². The number of pyridine rings is 1. The summed E-state index contributed by atoms with van der Waals surface area (Å²) in [6.45, 7) is 1.96. The van der Waals surface area contributed by atoms with Gasteiger partial charge < -0.3 is 5.32 Å². The second kappa shape index (κ2) is 5.60. The largest absolute Gasteiger partial charge is 0.311 e. The summed E-state index contributed by atoms with van der Waals surface area (Å²) in [7, 11) is 0. The van der Waals surface area contributed by atoms with Gasteiger partial charge in [0.25, 0.3) is 0 Å². The first-order valence-electron chi connectivity index (χ1n) is 4.57. The summed E-state index contributed by atoms with van der Waals surface area (Å²) < 4.78 is 0. The molecule has 0 radical (unpaired) electrons. The van der Waals surface area contributed by atoms with Crippen molar-refractivity contribution in [3.8, 4) is 0 Å². The van der Waals surface area contributed by atoms with E-state index in [4.69, 9.17) is 11.6 Å². The van der Waals surface area contributed by atoms with Crippen molar-refractivity contribution in [1.82, 2.24) is 4.98 Å². The van der Waals surface area contributed by atoms with Crippen LogP contribution in [-0.4, -0.2) is 10.9 Å². The Morgan fingerprint density at radius 2 is 2.43 bits per heavy atom. The number of amides is 1. The lowest BCUT2D eigenvalue weighted by Gasteiger charge is -2.03. The zero-order chi connectivity index (χ0) is 10.4. The molecule has 1 aromatic rings. The Kier molecular flexibility index (Phi) is 4.40. The van der Waals surface area contributed by atoms with Crippen LogP contribution in [0.1, 0.15) is 25.3 Å². The number of hydrogen-bond donors (Lipinski definition) is 1. The number of carbonyl (C=O) groups excluding carboxylic acids is 1. The number of rotatable bonds is 4. The number of hydrogen-bond acceptors (Lipinski definition) is 2. The van der Waals surface area contributed by atoms with E-state index >= 15 is 0 Å². The van der Waals surface area contributed by atoms with Crippen LogP contribution in [0.15, 0.2) is 18.3 Å². The second-order valence-corrected chi connectivity index (χ2v) is 3.25. The Balaban J connectivity index is 2.62. The molecule has 76 valence electrons. The Hall–Kier alpha value is -1.09. The van der Waals surface area contributed by atoms with E-state index in [1.807, 2.05) is 13.0 Å².